The molecular weight excluding hydrogens is 292 g/mol. The summed E-state index contributed by atoms with van der Waals surface area (Å²) in [6, 6.07) is 17.8. The summed E-state index contributed by atoms with van der Waals surface area (Å²) in [4.78, 5) is 15.6. The molecule has 1 N–H and O–H groups in total. The van der Waals surface area contributed by atoms with Gasteiger partial charge in [0.15, 0.2) is 0 Å². The molecule has 0 aromatic heterocycles. The Kier molecular flexibility index (Phi) is 6.04. The number of hydrogen-bond acceptors (Lipinski definition) is 3. The topological polar surface area (TPSA) is 32.3 Å². The highest BCUT2D eigenvalue weighted by atomic mass is 32.2. The van der Waals surface area contributed by atoms with Gasteiger partial charge in [-0.15, -0.1) is 11.8 Å². The van der Waals surface area contributed by atoms with Crippen molar-refractivity contribution in [1.29, 1.82) is 0 Å². The Bertz CT molecular complexity index is 615. The molecule has 4 heteroatoms. The third-order valence-electron chi connectivity index (χ3n) is 3.68. The van der Waals surface area contributed by atoms with Gasteiger partial charge in [-0.1, -0.05) is 42.5 Å². The van der Waals surface area contributed by atoms with Gasteiger partial charge in [0.1, 0.15) is 0 Å². The van der Waals surface area contributed by atoms with E-state index in [-0.39, 0.29) is 11.9 Å². The van der Waals surface area contributed by atoms with Crippen LogP contribution in [0.25, 0.3) is 0 Å². The van der Waals surface area contributed by atoms with E-state index in [1.807, 2.05) is 67.6 Å². The molecule has 0 aliphatic heterocycles. The standard InChI is InChI=1S/C18H22N2OS/c1-14(20(2)13-15-9-5-4-6-10-15)18(21)19-16-11-7-8-12-17(16)22-3/h4-12,14H,13H2,1-3H3,(H,19,21)/t14-/m1/s1. The predicted octanol–water partition coefficient (Wildman–Crippen LogP) is 3.87. The molecule has 0 radical (unpaired) electrons. The molecule has 3 nitrogen and oxygen atoms in total. The molecule has 0 bridgehead atoms. The zero-order valence-corrected chi connectivity index (χ0v) is 14.1. The van der Waals surface area contributed by atoms with Crippen molar-refractivity contribution in [1.82, 2.24) is 4.90 Å². The average molecular weight is 314 g/mol. The minimum absolute atomic E-state index is 0.0138. The lowest BCUT2D eigenvalue weighted by Crippen LogP contribution is -2.39. The molecule has 0 saturated carbocycles. The summed E-state index contributed by atoms with van der Waals surface area (Å²) >= 11 is 1.63. The van der Waals surface area contributed by atoms with Gasteiger partial charge in [0.2, 0.25) is 5.91 Å². The number of likely N-dealkylation sites (N-methyl/N-ethyl adjacent to an activating group) is 1. The van der Waals surface area contributed by atoms with Gasteiger partial charge < -0.3 is 5.32 Å². The summed E-state index contributed by atoms with van der Waals surface area (Å²) in [5.41, 5.74) is 2.08. The Hall–Kier alpha value is -1.78. The Morgan fingerprint density at radius 1 is 1.14 bits per heavy atom. The normalized spacial score (nSPS) is 12.2. The van der Waals surface area contributed by atoms with E-state index in [1.54, 1.807) is 11.8 Å². The molecule has 22 heavy (non-hydrogen) atoms. The predicted molar refractivity (Wildman–Crippen MR) is 94.2 cm³/mol. The van der Waals surface area contributed by atoms with E-state index in [0.29, 0.717) is 0 Å². The summed E-state index contributed by atoms with van der Waals surface area (Å²) in [5.74, 6) is 0.0138. The first-order chi connectivity index (χ1) is 10.6. The van der Waals surface area contributed by atoms with Crippen molar-refractivity contribution in [2.24, 2.45) is 0 Å². The maximum atomic E-state index is 12.5. The second kappa shape index (κ2) is 8.01. The summed E-state index contributed by atoms with van der Waals surface area (Å²) in [6.07, 6.45) is 2.01. The fourth-order valence-corrected chi connectivity index (χ4v) is 2.75. The average Bonchev–Trinajstić information content (AvgIpc) is 2.55. The van der Waals surface area contributed by atoms with E-state index in [0.717, 1.165) is 17.1 Å². The minimum atomic E-state index is -0.199. The molecular formula is C18H22N2OS. The first kappa shape index (κ1) is 16.6. The van der Waals surface area contributed by atoms with E-state index in [1.165, 1.54) is 5.56 Å². The number of nitrogens with zero attached hydrogens (tertiary/aromatic N) is 1. The minimum Gasteiger partial charge on any atom is -0.324 e. The van der Waals surface area contributed by atoms with Gasteiger partial charge in [0.25, 0.3) is 0 Å². The molecule has 0 unspecified atom stereocenters. The van der Waals surface area contributed by atoms with Crippen LogP contribution in [0.2, 0.25) is 0 Å². The Morgan fingerprint density at radius 3 is 2.45 bits per heavy atom. The second-order valence-electron chi connectivity index (χ2n) is 5.27. The zero-order valence-electron chi connectivity index (χ0n) is 13.2. The van der Waals surface area contributed by atoms with Crippen LogP contribution in [0.4, 0.5) is 5.69 Å². The van der Waals surface area contributed by atoms with Crippen molar-refractivity contribution in [3.8, 4) is 0 Å². The van der Waals surface area contributed by atoms with Gasteiger partial charge in [-0.3, -0.25) is 9.69 Å². The summed E-state index contributed by atoms with van der Waals surface area (Å²) in [7, 11) is 1.97. The molecule has 2 aromatic rings. The fourth-order valence-electron chi connectivity index (χ4n) is 2.19. The number of thioether (sulfide) groups is 1. The van der Waals surface area contributed by atoms with Crippen LogP contribution in [-0.2, 0) is 11.3 Å². The zero-order chi connectivity index (χ0) is 15.9. The van der Waals surface area contributed by atoms with Crippen molar-refractivity contribution >= 4 is 23.4 Å². The summed E-state index contributed by atoms with van der Waals surface area (Å²) in [6.45, 7) is 2.68. The van der Waals surface area contributed by atoms with Gasteiger partial charge in [0, 0.05) is 11.4 Å². The number of carbonyl (C=O) groups excluding carboxylic acids is 1. The Labute approximate surface area is 136 Å². The molecule has 0 heterocycles. The van der Waals surface area contributed by atoms with Crippen LogP contribution >= 0.6 is 11.8 Å². The molecule has 1 atom stereocenters. The van der Waals surface area contributed by atoms with Gasteiger partial charge >= 0.3 is 0 Å². The van der Waals surface area contributed by atoms with Crippen LogP contribution in [0.15, 0.2) is 59.5 Å². The first-order valence-electron chi connectivity index (χ1n) is 7.30. The van der Waals surface area contributed by atoms with Crippen molar-refractivity contribution in [2.45, 2.75) is 24.4 Å². The number of carbonyl (C=O) groups is 1. The second-order valence-corrected chi connectivity index (χ2v) is 6.11. The van der Waals surface area contributed by atoms with Crippen molar-refractivity contribution < 1.29 is 4.79 Å². The number of benzene rings is 2. The van der Waals surface area contributed by atoms with Crippen molar-refractivity contribution in [2.75, 3.05) is 18.6 Å². The third-order valence-corrected chi connectivity index (χ3v) is 4.48. The van der Waals surface area contributed by atoms with Crippen molar-refractivity contribution in [3.05, 3.63) is 60.2 Å². The van der Waals surface area contributed by atoms with E-state index in [9.17, 15) is 4.79 Å². The van der Waals surface area contributed by atoms with E-state index in [4.69, 9.17) is 0 Å². The Balaban J connectivity index is 1.99. The molecule has 2 aromatic carbocycles. The molecule has 0 aliphatic rings. The number of anilines is 1. The van der Waals surface area contributed by atoms with Crippen LogP contribution in [0, 0.1) is 0 Å². The number of amides is 1. The SMILES string of the molecule is CSc1ccccc1NC(=O)[C@@H](C)N(C)Cc1ccccc1. The van der Waals surface area contributed by atoms with Gasteiger partial charge in [0.05, 0.1) is 11.7 Å². The van der Waals surface area contributed by atoms with E-state index >= 15 is 0 Å². The molecule has 0 saturated heterocycles. The van der Waals surface area contributed by atoms with Gasteiger partial charge in [-0.2, -0.15) is 0 Å². The fraction of sp³-hybridized carbons (Fsp3) is 0.278. The lowest BCUT2D eigenvalue weighted by atomic mass is 10.2. The maximum absolute atomic E-state index is 12.5. The highest BCUT2D eigenvalue weighted by Gasteiger charge is 2.19. The van der Waals surface area contributed by atoms with Gasteiger partial charge in [-0.25, -0.2) is 0 Å². The maximum Gasteiger partial charge on any atom is 0.241 e. The number of para-hydroxylation sites is 1. The van der Waals surface area contributed by atoms with Crippen LogP contribution in [-0.4, -0.2) is 30.2 Å². The Morgan fingerprint density at radius 2 is 1.77 bits per heavy atom. The lowest BCUT2D eigenvalue weighted by molar-refractivity contribution is -0.120. The van der Waals surface area contributed by atoms with Crippen LogP contribution in [0.5, 0.6) is 0 Å². The molecule has 0 spiro atoms. The number of nitrogens with one attached hydrogen (secondary N) is 1. The summed E-state index contributed by atoms with van der Waals surface area (Å²) < 4.78 is 0. The number of hydrogen-bond donors (Lipinski definition) is 1. The highest BCUT2D eigenvalue weighted by Crippen LogP contribution is 2.24. The largest absolute Gasteiger partial charge is 0.324 e. The van der Waals surface area contributed by atoms with Crippen LogP contribution in [0.1, 0.15) is 12.5 Å². The third kappa shape index (κ3) is 4.36. The van der Waals surface area contributed by atoms with Crippen LogP contribution < -0.4 is 5.32 Å². The monoisotopic (exact) mass is 314 g/mol. The number of rotatable bonds is 6. The van der Waals surface area contributed by atoms with Gasteiger partial charge in [-0.05, 0) is 37.9 Å². The molecule has 0 aliphatic carbocycles. The van der Waals surface area contributed by atoms with Crippen LogP contribution in [0.3, 0.4) is 0 Å². The van der Waals surface area contributed by atoms with Crippen molar-refractivity contribution in [3.63, 3.8) is 0 Å². The van der Waals surface area contributed by atoms with E-state index < -0.39 is 0 Å². The molecule has 0 fully saturated rings. The molecule has 116 valence electrons. The smallest absolute Gasteiger partial charge is 0.241 e. The molecule has 1 amide bonds. The lowest BCUT2D eigenvalue weighted by Gasteiger charge is -2.24. The molecule has 2 rings (SSSR count). The van der Waals surface area contributed by atoms with E-state index in [2.05, 4.69) is 17.4 Å². The highest BCUT2D eigenvalue weighted by molar-refractivity contribution is 7.98. The first-order valence-corrected chi connectivity index (χ1v) is 8.52. The quantitative estimate of drug-likeness (QED) is 0.822. The summed E-state index contributed by atoms with van der Waals surface area (Å²) in [5, 5.41) is 3.03.